The van der Waals surface area contributed by atoms with Gasteiger partial charge in [-0.1, -0.05) is 18.6 Å². The molecule has 0 saturated carbocycles. The topological polar surface area (TPSA) is 52.1 Å². The Labute approximate surface area is 180 Å². The van der Waals surface area contributed by atoms with Crippen LogP contribution in [-0.4, -0.2) is 80.8 Å². The third kappa shape index (κ3) is 6.40. The SMILES string of the molecule is CN=C(NCC(c1cccc(F)c1)N1CCOCC1)NCC(C)(C)N1CCCCC1. The van der Waals surface area contributed by atoms with E-state index in [-0.39, 0.29) is 17.4 Å². The van der Waals surface area contributed by atoms with E-state index >= 15 is 0 Å². The predicted octanol–water partition coefficient (Wildman–Crippen LogP) is 2.63. The van der Waals surface area contributed by atoms with Crippen molar-refractivity contribution in [3.63, 3.8) is 0 Å². The lowest BCUT2D eigenvalue weighted by molar-refractivity contribution is 0.0169. The normalized spacial score (nSPS) is 20.7. The summed E-state index contributed by atoms with van der Waals surface area (Å²) < 4.78 is 19.4. The number of aliphatic imine (C=N–C) groups is 1. The standard InChI is InChI=1S/C23H38FN5O/c1-23(2,29-10-5-4-6-11-29)18-27-22(25-3)26-17-21(28-12-14-30-15-13-28)19-8-7-9-20(24)16-19/h7-9,16,21H,4-6,10-15,17-18H2,1-3H3,(H2,25,26,27). The van der Waals surface area contributed by atoms with Crippen molar-refractivity contribution in [3.05, 3.63) is 35.6 Å². The summed E-state index contributed by atoms with van der Waals surface area (Å²) in [6.07, 6.45) is 3.91. The van der Waals surface area contributed by atoms with Crippen LogP contribution in [0.3, 0.4) is 0 Å². The maximum atomic E-state index is 13.9. The van der Waals surface area contributed by atoms with Crippen LogP contribution in [0.4, 0.5) is 4.39 Å². The average Bonchev–Trinajstić information content (AvgIpc) is 2.77. The van der Waals surface area contributed by atoms with Crippen LogP contribution in [0.1, 0.15) is 44.7 Å². The first-order valence-electron chi connectivity index (χ1n) is 11.3. The number of morpholine rings is 1. The second kappa shape index (κ2) is 11.1. The molecule has 0 spiro atoms. The quantitative estimate of drug-likeness (QED) is 0.526. The van der Waals surface area contributed by atoms with Gasteiger partial charge >= 0.3 is 0 Å². The van der Waals surface area contributed by atoms with Crippen molar-refractivity contribution >= 4 is 5.96 Å². The van der Waals surface area contributed by atoms with Crippen LogP contribution in [-0.2, 0) is 4.74 Å². The van der Waals surface area contributed by atoms with Gasteiger partial charge in [0.15, 0.2) is 5.96 Å². The molecule has 0 aromatic heterocycles. The summed E-state index contributed by atoms with van der Waals surface area (Å²) in [5, 5.41) is 6.98. The fourth-order valence-electron chi connectivity index (χ4n) is 4.39. The minimum Gasteiger partial charge on any atom is -0.379 e. The number of hydrogen-bond donors (Lipinski definition) is 2. The second-order valence-corrected chi connectivity index (χ2v) is 8.89. The van der Waals surface area contributed by atoms with Crippen LogP contribution in [0.25, 0.3) is 0 Å². The van der Waals surface area contributed by atoms with Crippen molar-refractivity contribution in [1.29, 1.82) is 0 Å². The number of hydrogen-bond acceptors (Lipinski definition) is 4. The van der Waals surface area contributed by atoms with Gasteiger partial charge in [-0.25, -0.2) is 4.39 Å². The highest BCUT2D eigenvalue weighted by atomic mass is 19.1. The molecule has 30 heavy (non-hydrogen) atoms. The minimum absolute atomic E-state index is 0.0678. The van der Waals surface area contributed by atoms with Gasteiger partial charge in [-0.15, -0.1) is 0 Å². The lowest BCUT2D eigenvalue weighted by Crippen LogP contribution is -2.55. The maximum Gasteiger partial charge on any atom is 0.191 e. The van der Waals surface area contributed by atoms with Gasteiger partial charge in [0.2, 0.25) is 0 Å². The number of nitrogens with zero attached hydrogens (tertiary/aromatic N) is 3. The van der Waals surface area contributed by atoms with Gasteiger partial charge in [-0.3, -0.25) is 14.8 Å². The van der Waals surface area contributed by atoms with Gasteiger partial charge < -0.3 is 15.4 Å². The lowest BCUT2D eigenvalue weighted by atomic mass is 9.98. The van der Waals surface area contributed by atoms with Gasteiger partial charge in [0.1, 0.15) is 5.82 Å². The first kappa shape index (κ1) is 23.0. The summed E-state index contributed by atoms with van der Waals surface area (Å²) >= 11 is 0. The summed E-state index contributed by atoms with van der Waals surface area (Å²) in [7, 11) is 1.80. The summed E-state index contributed by atoms with van der Waals surface area (Å²) in [4.78, 5) is 9.35. The summed E-state index contributed by atoms with van der Waals surface area (Å²) in [5.74, 6) is 0.589. The number of likely N-dealkylation sites (tertiary alicyclic amines) is 1. The highest BCUT2D eigenvalue weighted by molar-refractivity contribution is 5.79. The van der Waals surface area contributed by atoms with Crippen molar-refractivity contribution in [2.75, 3.05) is 59.5 Å². The predicted molar refractivity (Wildman–Crippen MR) is 120 cm³/mol. The average molecular weight is 420 g/mol. The molecule has 0 aliphatic carbocycles. The van der Waals surface area contributed by atoms with E-state index < -0.39 is 0 Å². The Bertz CT molecular complexity index is 684. The Morgan fingerprint density at radius 1 is 1.13 bits per heavy atom. The third-order valence-corrected chi connectivity index (χ3v) is 6.31. The molecule has 168 valence electrons. The highest BCUT2D eigenvalue weighted by Gasteiger charge is 2.28. The van der Waals surface area contributed by atoms with Gasteiger partial charge in [-0.2, -0.15) is 0 Å². The maximum absolute atomic E-state index is 13.9. The second-order valence-electron chi connectivity index (χ2n) is 8.89. The number of benzene rings is 1. The van der Waals surface area contributed by atoms with E-state index in [9.17, 15) is 4.39 Å². The first-order valence-corrected chi connectivity index (χ1v) is 11.3. The zero-order valence-electron chi connectivity index (χ0n) is 18.8. The number of halogens is 1. The minimum atomic E-state index is -0.198. The van der Waals surface area contributed by atoms with Crippen LogP contribution < -0.4 is 10.6 Å². The lowest BCUT2D eigenvalue weighted by Gasteiger charge is -2.41. The third-order valence-electron chi connectivity index (χ3n) is 6.31. The van der Waals surface area contributed by atoms with Crippen molar-refractivity contribution in [2.24, 2.45) is 4.99 Å². The molecule has 6 nitrogen and oxygen atoms in total. The van der Waals surface area contributed by atoms with E-state index in [0.717, 1.165) is 31.2 Å². The Balaban J connectivity index is 1.60. The smallest absolute Gasteiger partial charge is 0.191 e. The number of piperidine rings is 1. The summed E-state index contributed by atoms with van der Waals surface area (Å²) in [6.45, 7) is 11.5. The molecule has 0 amide bonds. The molecule has 2 fully saturated rings. The molecule has 2 aliphatic heterocycles. The fourth-order valence-corrected chi connectivity index (χ4v) is 4.39. The molecule has 1 aromatic rings. The largest absolute Gasteiger partial charge is 0.379 e. The fraction of sp³-hybridized carbons (Fsp3) is 0.696. The number of ether oxygens (including phenoxy) is 1. The van der Waals surface area contributed by atoms with E-state index in [0.29, 0.717) is 19.8 Å². The van der Waals surface area contributed by atoms with E-state index in [1.807, 2.05) is 6.07 Å². The number of nitrogens with one attached hydrogen (secondary N) is 2. The monoisotopic (exact) mass is 419 g/mol. The molecule has 1 atom stereocenters. The highest BCUT2D eigenvalue weighted by Crippen LogP contribution is 2.22. The van der Waals surface area contributed by atoms with Gasteiger partial charge in [0, 0.05) is 38.8 Å². The molecular weight excluding hydrogens is 381 g/mol. The van der Waals surface area contributed by atoms with Crippen molar-refractivity contribution in [1.82, 2.24) is 20.4 Å². The molecule has 1 aromatic carbocycles. The van der Waals surface area contributed by atoms with Crippen molar-refractivity contribution in [2.45, 2.75) is 44.7 Å². The van der Waals surface area contributed by atoms with E-state index in [1.165, 1.54) is 38.4 Å². The zero-order valence-corrected chi connectivity index (χ0v) is 18.8. The molecule has 0 radical (unpaired) electrons. The van der Waals surface area contributed by atoms with E-state index in [2.05, 4.69) is 39.3 Å². The molecule has 1 unspecified atom stereocenters. The molecule has 7 heteroatoms. The van der Waals surface area contributed by atoms with Gasteiger partial charge in [0.25, 0.3) is 0 Å². The first-order chi connectivity index (χ1) is 14.5. The van der Waals surface area contributed by atoms with Crippen molar-refractivity contribution < 1.29 is 9.13 Å². The van der Waals surface area contributed by atoms with E-state index in [1.54, 1.807) is 19.2 Å². The van der Waals surface area contributed by atoms with Crippen LogP contribution in [0.5, 0.6) is 0 Å². The number of guanidine groups is 1. The van der Waals surface area contributed by atoms with Crippen LogP contribution in [0.2, 0.25) is 0 Å². The Morgan fingerprint density at radius 3 is 2.53 bits per heavy atom. The van der Waals surface area contributed by atoms with E-state index in [4.69, 9.17) is 4.74 Å². The molecular formula is C23H38FN5O. The molecule has 2 N–H and O–H groups in total. The molecule has 2 saturated heterocycles. The molecule has 3 rings (SSSR count). The molecule has 2 aliphatic rings. The molecule has 2 heterocycles. The Hall–Kier alpha value is -1.70. The van der Waals surface area contributed by atoms with Crippen molar-refractivity contribution in [3.8, 4) is 0 Å². The summed E-state index contributed by atoms with van der Waals surface area (Å²) in [5.41, 5.74) is 1.05. The summed E-state index contributed by atoms with van der Waals surface area (Å²) in [6, 6.07) is 6.99. The van der Waals surface area contributed by atoms with Crippen LogP contribution in [0.15, 0.2) is 29.3 Å². The van der Waals surface area contributed by atoms with Crippen LogP contribution in [0, 0.1) is 5.82 Å². The van der Waals surface area contributed by atoms with Gasteiger partial charge in [0.05, 0.1) is 19.3 Å². The van der Waals surface area contributed by atoms with Crippen LogP contribution >= 0.6 is 0 Å². The Morgan fingerprint density at radius 2 is 1.87 bits per heavy atom. The number of rotatable bonds is 7. The molecule has 0 bridgehead atoms. The Kier molecular flexibility index (Phi) is 8.48. The zero-order chi connectivity index (χ0) is 21.4. The van der Waals surface area contributed by atoms with Gasteiger partial charge in [-0.05, 0) is 57.5 Å².